The highest BCUT2D eigenvalue weighted by Gasteiger charge is 2.13. The van der Waals surface area contributed by atoms with Gasteiger partial charge in [-0.05, 0) is 37.2 Å². The van der Waals surface area contributed by atoms with E-state index in [-0.39, 0.29) is 0 Å². The van der Waals surface area contributed by atoms with Crippen LogP contribution in [0.1, 0.15) is 16.7 Å². The lowest BCUT2D eigenvalue weighted by molar-refractivity contribution is 0.174. The average molecular weight is 295 g/mol. The monoisotopic (exact) mass is 295 g/mol. The smallest absolute Gasteiger partial charge is 0.231 e. The Kier molecular flexibility index (Phi) is 4.45. The Morgan fingerprint density at radius 2 is 1.95 bits per heavy atom. The molecule has 0 atom stereocenters. The van der Waals surface area contributed by atoms with Crippen LogP contribution in [0.4, 0.5) is 0 Å². The van der Waals surface area contributed by atoms with E-state index in [1.54, 1.807) is 0 Å². The number of hydrogen-bond donors (Lipinski definition) is 0. The minimum atomic E-state index is 0.327. The predicted molar refractivity (Wildman–Crippen MR) is 89.1 cm³/mol. The van der Waals surface area contributed by atoms with E-state index < -0.39 is 0 Å². The molecule has 0 N–H and O–H groups in total. The summed E-state index contributed by atoms with van der Waals surface area (Å²) in [6.45, 7) is 4.23. The van der Waals surface area contributed by atoms with Crippen LogP contribution in [0.3, 0.4) is 0 Å². The van der Waals surface area contributed by atoms with E-state index in [1.165, 1.54) is 16.7 Å². The molecule has 0 spiro atoms. The molecule has 22 heavy (non-hydrogen) atoms. The maximum absolute atomic E-state index is 5.42. The Labute approximate surface area is 131 Å². The minimum absolute atomic E-state index is 0.327. The number of aryl methyl sites for hydroxylation is 1. The molecule has 3 heteroatoms. The zero-order chi connectivity index (χ0) is 15.4. The molecule has 1 aliphatic rings. The third kappa shape index (κ3) is 3.68. The van der Waals surface area contributed by atoms with Gasteiger partial charge in [0.1, 0.15) is 0 Å². The molecule has 0 radical (unpaired) electrons. The Balaban J connectivity index is 1.55. The number of benzene rings is 2. The lowest BCUT2D eigenvalue weighted by atomic mass is 10.1. The predicted octanol–water partition coefficient (Wildman–Crippen LogP) is 3.87. The van der Waals surface area contributed by atoms with Gasteiger partial charge in [0.2, 0.25) is 6.79 Å². The van der Waals surface area contributed by atoms with Gasteiger partial charge in [0.15, 0.2) is 11.5 Å². The van der Waals surface area contributed by atoms with Gasteiger partial charge in [-0.15, -0.1) is 0 Å². The van der Waals surface area contributed by atoms with Gasteiger partial charge >= 0.3 is 0 Å². The molecule has 0 aromatic heterocycles. The number of fused-ring (bicyclic) bond motifs is 1. The number of ether oxygens (including phenoxy) is 2. The average Bonchev–Trinajstić information content (AvgIpc) is 2.95. The van der Waals surface area contributed by atoms with Crippen molar-refractivity contribution in [3.8, 4) is 11.5 Å². The molecule has 2 aromatic carbocycles. The summed E-state index contributed by atoms with van der Waals surface area (Å²) in [6.07, 6.45) is 4.37. The largest absolute Gasteiger partial charge is 0.454 e. The maximum atomic E-state index is 5.42. The number of hydrogen-bond acceptors (Lipinski definition) is 3. The molecule has 0 amide bonds. The van der Waals surface area contributed by atoms with Gasteiger partial charge in [0.05, 0.1) is 0 Å². The molecular formula is C19H21NO2. The highest BCUT2D eigenvalue weighted by molar-refractivity contribution is 5.50. The van der Waals surface area contributed by atoms with E-state index in [0.29, 0.717) is 6.79 Å². The summed E-state index contributed by atoms with van der Waals surface area (Å²) >= 11 is 0. The fourth-order valence-electron chi connectivity index (χ4n) is 2.56. The zero-order valence-electron chi connectivity index (χ0n) is 13.1. The molecule has 0 saturated heterocycles. The van der Waals surface area contributed by atoms with Gasteiger partial charge < -0.3 is 9.47 Å². The van der Waals surface area contributed by atoms with E-state index in [1.807, 2.05) is 6.07 Å². The summed E-state index contributed by atoms with van der Waals surface area (Å²) in [7, 11) is 2.12. The molecule has 2 aromatic rings. The second kappa shape index (κ2) is 6.67. The van der Waals surface area contributed by atoms with Crippen molar-refractivity contribution >= 4 is 6.08 Å². The molecule has 114 valence electrons. The lowest BCUT2D eigenvalue weighted by Crippen LogP contribution is -2.17. The van der Waals surface area contributed by atoms with Crippen LogP contribution in [0.2, 0.25) is 0 Å². The second-order valence-corrected chi connectivity index (χ2v) is 5.70. The van der Waals surface area contributed by atoms with Gasteiger partial charge in [0, 0.05) is 13.1 Å². The van der Waals surface area contributed by atoms with Gasteiger partial charge in [-0.3, -0.25) is 4.90 Å². The first-order chi connectivity index (χ1) is 10.7. The first-order valence-electron chi connectivity index (χ1n) is 7.51. The van der Waals surface area contributed by atoms with Gasteiger partial charge in [-0.25, -0.2) is 0 Å². The quantitative estimate of drug-likeness (QED) is 0.836. The summed E-state index contributed by atoms with van der Waals surface area (Å²) in [5.74, 6) is 1.69. The van der Waals surface area contributed by atoms with Crippen LogP contribution in [-0.4, -0.2) is 25.3 Å². The Hall–Kier alpha value is -2.26. The number of nitrogens with zero attached hydrogens (tertiary/aromatic N) is 1. The summed E-state index contributed by atoms with van der Waals surface area (Å²) in [5.41, 5.74) is 3.77. The molecule has 0 unspecified atom stereocenters. The Morgan fingerprint density at radius 3 is 2.82 bits per heavy atom. The van der Waals surface area contributed by atoms with E-state index in [9.17, 15) is 0 Å². The molecule has 3 rings (SSSR count). The van der Waals surface area contributed by atoms with Crippen LogP contribution in [0.5, 0.6) is 11.5 Å². The first kappa shape index (κ1) is 14.7. The van der Waals surface area contributed by atoms with Crippen LogP contribution in [0.25, 0.3) is 6.08 Å². The van der Waals surface area contributed by atoms with Crippen molar-refractivity contribution in [1.82, 2.24) is 4.90 Å². The third-order valence-corrected chi connectivity index (χ3v) is 3.66. The van der Waals surface area contributed by atoms with Crippen LogP contribution < -0.4 is 9.47 Å². The number of likely N-dealkylation sites (N-methyl/N-ethyl adjacent to an activating group) is 1. The lowest BCUT2D eigenvalue weighted by Gasteiger charge is -2.14. The molecule has 0 bridgehead atoms. The number of rotatable bonds is 5. The van der Waals surface area contributed by atoms with Crippen molar-refractivity contribution in [1.29, 1.82) is 0 Å². The Morgan fingerprint density at radius 1 is 1.09 bits per heavy atom. The Bertz CT molecular complexity index is 679. The van der Waals surface area contributed by atoms with Crippen LogP contribution in [-0.2, 0) is 6.54 Å². The standard InChI is InChI=1S/C19H21NO2/c1-15-5-3-6-16(11-15)7-4-10-20(2)13-17-8-9-18-19(12-17)22-14-21-18/h3-9,11-12H,10,13-14H2,1-2H3/b7-4+. The zero-order valence-corrected chi connectivity index (χ0v) is 13.1. The molecular weight excluding hydrogens is 274 g/mol. The van der Waals surface area contributed by atoms with E-state index in [4.69, 9.17) is 9.47 Å². The summed E-state index contributed by atoms with van der Waals surface area (Å²) in [6, 6.07) is 14.6. The molecule has 1 heterocycles. The normalized spacial score (nSPS) is 13.2. The van der Waals surface area contributed by atoms with E-state index >= 15 is 0 Å². The minimum Gasteiger partial charge on any atom is -0.454 e. The summed E-state index contributed by atoms with van der Waals surface area (Å²) < 4.78 is 10.8. The molecule has 1 aliphatic heterocycles. The van der Waals surface area contributed by atoms with Crippen LogP contribution >= 0.6 is 0 Å². The highest BCUT2D eigenvalue weighted by Crippen LogP contribution is 2.32. The summed E-state index contributed by atoms with van der Waals surface area (Å²) in [4.78, 5) is 2.27. The SMILES string of the molecule is Cc1cccc(/C=C/CN(C)Cc2ccc3c(c2)OCO3)c1. The molecule has 0 aliphatic carbocycles. The third-order valence-electron chi connectivity index (χ3n) is 3.66. The second-order valence-electron chi connectivity index (χ2n) is 5.70. The van der Waals surface area contributed by atoms with E-state index in [2.05, 4.69) is 67.4 Å². The molecule has 0 saturated carbocycles. The first-order valence-corrected chi connectivity index (χ1v) is 7.51. The summed E-state index contributed by atoms with van der Waals surface area (Å²) in [5, 5.41) is 0. The van der Waals surface area contributed by atoms with Crippen LogP contribution in [0, 0.1) is 6.92 Å². The van der Waals surface area contributed by atoms with Crippen molar-refractivity contribution in [3.05, 3.63) is 65.2 Å². The van der Waals surface area contributed by atoms with Crippen molar-refractivity contribution in [2.45, 2.75) is 13.5 Å². The van der Waals surface area contributed by atoms with Gasteiger partial charge in [0.25, 0.3) is 0 Å². The molecule has 0 fully saturated rings. The fourth-order valence-corrected chi connectivity index (χ4v) is 2.56. The van der Waals surface area contributed by atoms with Crippen molar-refractivity contribution < 1.29 is 9.47 Å². The van der Waals surface area contributed by atoms with Crippen molar-refractivity contribution in [2.75, 3.05) is 20.4 Å². The topological polar surface area (TPSA) is 21.7 Å². The molecule has 3 nitrogen and oxygen atoms in total. The van der Waals surface area contributed by atoms with Crippen molar-refractivity contribution in [2.24, 2.45) is 0 Å². The van der Waals surface area contributed by atoms with Crippen molar-refractivity contribution in [3.63, 3.8) is 0 Å². The van der Waals surface area contributed by atoms with Gasteiger partial charge in [-0.1, -0.05) is 48.0 Å². The van der Waals surface area contributed by atoms with Gasteiger partial charge in [-0.2, -0.15) is 0 Å². The van der Waals surface area contributed by atoms with E-state index in [0.717, 1.165) is 24.6 Å². The highest BCUT2D eigenvalue weighted by atomic mass is 16.7. The fraction of sp³-hybridized carbons (Fsp3) is 0.263. The van der Waals surface area contributed by atoms with Crippen LogP contribution in [0.15, 0.2) is 48.5 Å². The maximum Gasteiger partial charge on any atom is 0.231 e.